The van der Waals surface area contributed by atoms with Crippen LogP contribution in [0.4, 0.5) is 22.7 Å². The highest BCUT2D eigenvalue weighted by atomic mass is 15.2. The standard InChI is InChI=1S/C25H24N2/c1-20-11-8-9-18-25(20)27(23-15-6-3-7-16-23)24-17-10-14-22(19-24)26-21-12-4-2-5-13-21/h2-20,25-26H,1H3. The van der Waals surface area contributed by atoms with Crippen LogP contribution in [0.15, 0.2) is 109 Å². The van der Waals surface area contributed by atoms with Crippen LogP contribution < -0.4 is 10.2 Å². The van der Waals surface area contributed by atoms with E-state index in [9.17, 15) is 0 Å². The highest BCUT2D eigenvalue weighted by Crippen LogP contribution is 2.34. The van der Waals surface area contributed by atoms with Gasteiger partial charge in [-0.05, 0) is 48.4 Å². The van der Waals surface area contributed by atoms with E-state index in [0.717, 1.165) is 11.4 Å². The molecule has 0 amide bonds. The van der Waals surface area contributed by atoms with E-state index < -0.39 is 0 Å². The van der Waals surface area contributed by atoms with Gasteiger partial charge >= 0.3 is 0 Å². The smallest absolute Gasteiger partial charge is 0.0585 e. The van der Waals surface area contributed by atoms with Crippen molar-refractivity contribution in [1.82, 2.24) is 0 Å². The summed E-state index contributed by atoms with van der Waals surface area (Å²) in [6.45, 7) is 2.27. The first-order valence-electron chi connectivity index (χ1n) is 9.43. The number of rotatable bonds is 5. The Morgan fingerprint density at radius 1 is 0.667 bits per heavy atom. The van der Waals surface area contributed by atoms with E-state index in [-0.39, 0.29) is 6.04 Å². The molecule has 0 fully saturated rings. The van der Waals surface area contributed by atoms with Gasteiger partial charge in [-0.1, -0.05) is 73.7 Å². The lowest BCUT2D eigenvalue weighted by Gasteiger charge is -2.36. The number of nitrogens with zero attached hydrogens (tertiary/aromatic N) is 1. The number of para-hydroxylation sites is 2. The lowest BCUT2D eigenvalue weighted by molar-refractivity contribution is 0.609. The molecule has 0 saturated carbocycles. The van der Waals surface area contributed by atoms with Crippen molar-refractivity contribution in [2.75, 3.05) is 10.2 Å². The maximum Gasteiger partial charge on any atom is 0.0585 e. The third-order valence-electron chi connectivity index (χ3n) is 4.89. The van der Waals surface area contributed by atoms with E-state index in [0.29, 0.717) is 5.92 Å². The molecule has 27 heavy (non-hydrogen) atoms. The Kier molecular flexibility index (Phi) is 5.06. The van der Waals surface area contributed by atoms with Gasteiger partial charge in [-0.3, -0.25) is 0 Å². The Morgan fingerprint density at radius 3 is 2.04 bits per heavy atom. The first-order chi connectivity index (χ1) is 13.3. The Bertz CT molecular complexity index is 929. The topological polar surface area (TPSA) is 15.3 Å². The molecule has 0 spiro atoms. The van der Waals surface area contributed by atoms with E-state index in [1.807, 2.05) is 18.2 Å². The van der Waals surface area contributed by atoms with E-state index in [2.05, 4.69) is 108 Å². The van der Waals surface area contributed by atoms with Crippen molar-refractivity contribution >= 4 is 22.7 Å². The minimum absolute atomic E-state index is 0.282. The molecule has 0 aromatic heterocycles. The summed E-state index contributed by atoms with van der Waals surface area (Å²) in [5.41, 5.74) is 4.56. The van der Waals surface area contributed by atoms with Gasteiger partial charge in [0, 0.05) is 22.7 Å². The van der Waals surface area contributed by atoms with Crippen molar-refractivity contribution in [2.24, 2.45) is 5.92 Å². The van der Waals surface area contributed by atoms with Gasteiger partial charge in [0.1, 0.15) is 0 Å². The summed E-state index contributed by atoms with van der Waals surface area (Å²) < 4.78 is 0. The van der Waals surface area contributed by atoms with Crippen LogP contribution in [0, 0.1) is 5.92 Å². The maximum absolute atomic E-state index is 3.51. The van der Waals surface area contributed by atoms with Crippen molar-refractivity contribution in [2.45, 2.75) is 13.0 Å². The summed E-state index contributed by atoms with van der Waals surface area (Å²) >= 11 is 0. The zero-order valence-corrected chi connectivity index (χ0v) is 15.5. The fraction of sp³-hybridized carbons (Fsp3) is 0.120. The van der Waals surface area contributed by atoms with Gasteiger partial charge in [0.05, 0.1) is 6.04 Å². The van der Waals surface area contributed by atoms with Gasteiger partial charge in [0.2, 0.25) is 0 Å². The molecule has 0 aliphatic heterocycles. The lowest BCUT2D eigenvalue weighted by atomic mass is 9.94. The second-order valence-corrected chi connectivity index (χ2v) is 6.87. The fourth-order valence-corrected chi connectivity index (χ4v) is 3.53. The number of nitrogens with one attached hydrogen (secondary N) is 1. The molecule has 1 aliphatic carbocycles. The average molecular weight is 352 g/mol. The van der Waals surface area contributed by atoms with Crippen LogP contribution in [0.1, 0.15) is 6.92 Å². The van der Waals surface area contributed by atoms with Gasteiger partial charge < -0.3 is 10.2 Å². The summed E-state index contributed by atoms with van der Waals surface area (Å²) in [6.07, 6.45) is 8.84. The molecule has 2 nitrogen and oxygen atoms in total. The molecule has 1 aliphatic rings. The van der Waals surface area contributed by atoms with Gasteiger partial charge in [-0.25, -0.2) is 0 Å². The molecular weight excluding hydrogens is 328 g/mol. The molecule has 0 saturated heterocycles. The molecule has 3 aromatic rings. The number of hydrogen-bond acceptors (Lipinski definition) is 2. The van der Waals surface area contributed by atoms with Crippen LogP contribution in [0.2, 0.25) is 0 Å². The maximum atomic E-state index is 3.51. The quantitative estimate of drug-likeness (QED) is 0.549. The first kappa shape index (κ1) is 17.2. The van der Waals surface area contributed by atoms with Crippen molar-refractivity contribution in [1.29, 1.82) is 0 Å². The molecular formula is C25H24N2. The summed E-state index contributed by atoms with van der Waals surface area (Å²) in [5, 5.41) is 3.51. The molecule has 0 bridgehead atoms. The normalized spacial score (nSPS) is 18.3. The third-order valence-corrected chi connectivity index (χ3v) is 4.89. The highest BCUT2D eigenvalue weighted by Gasteiger charge is 2.24. The van der Waals surface area contributed by atoms with E-state index in [1.54, 1.807) is 0 Å². The highest BCUT2D eigenvalue weighted by molar-refractivity contribution is 5.71. The largest absolute Gasteiger partial charge is 0.355 e. The first-order valence-corrected chi connectivity index (χ1v) is 9.43. The molecule has 4 rings (SSSR count). The van der Waals surface area contributed by atoms with Crippen molar-refractivity contribution in [3.63, 3.8) is 0 Å². The van der Waals surface area contributed by atoms with Gasteiger partial charge in [-0.2, -0.15) is 0 Å². The molecule has 2 unspecified atom stereocenters. The van der Waals surface area contributed by atoms with Gasteiger partial charge in [0.15, 0.2) is 0 Å². The third kappa shape index (κ3) is 3.95. The summed E-state index contributed by atoms with van der Waals surface area (Å²) in [6, 6.07) is 29.8. The number of allylic oxidation sites excluding steroid dienone is 2. The van der Waals surface area contributed by atoms with Crippen molar-refractivity contribution in [3.8, 4) is 0 Å². The Labute approximate surface area is 161 Å². The SMILES string of the molecule is CC1C=CC=CC1N(c1ccccc1)c1cccc(Nc2ccccc2)c1. The molecule has 0 radical (unpaired) electrons. The number of hydrogen-bond donors (Lipinski definition) is 1. The average Bonchev–Trinajstić information content (AvgIpc) is 2.72. The van der Waals surface area contributed by atoms with Crippen LogP contribution in [0.25, 0.3) is 0 Å². The van der Waals surface area contributed by atoms with Gasteiger partial charge in [0.25, 0.3) is 0 Å². The minimum Gasteiger partial charge on any atom is -0.355 e. The Hall–Kier alpha value is -3.26. The summed E-state index contributed by atoms with van der Waals surface area (Å²) in [7, 11) is 0. The molecule has 2 atom stereocenters. The second-order valence-electron chi connectivity index (χ2n) is 6.87. The summed E-state index contributed by atoms with van der Waals surface area (Å²) in [4.78, 5) is 2.42. The van der Waals surface area contributed by atoms with Crippen LogP contribution in [0.3, 0.4) is 0 Å². The zero-order chi connectivity index (χ0) is 18.5. The monoisotopic (exact) mass is 352 g/mol. The van der Waals surface area contributed by atoms with E-state index in [4.69, 9.17) is 0 Å². The second kappa shape index (κ2) is 7.96. The summed E-state index contributed by atoms with van der Waals surface area (Å²) in [5.74, 6) is 0.431. The van der Waals surface area contributed by atoms with Crippen molar-refractivity contribution in [3.05, 3.63) is 109 Å². The van der Waals surface area contributed by atoms with Crippen molar-refractivity contribution < 1.29 is 0 Å². The number of benzene rings is 3. The Balaban J connectivity index is 1.71. The lowest BCUT2D eigenvalue weighted by Crippen LogP contribution is -2.35. The predicted octanol–water partition coefficient (Wildman–Crippen LogP) is 6.70. The molecule has 1 N–H and O–H groups in total. The van der Waals surface area contributed by atoms with Crippen LogP contribution in [0.5, 0.6) is 0 Å². The van der Waals surface area contributed by atoms with Crippen LogP contribution in [-0.2, 0) is 0 Å². The zero-order valence-electron chi connectivity index (χ0n) is 15.5. The molecule has 0 heterocycles. The number of anilines is 4. The van der Waals surface area contributed by atoms with Gasteiger partial charge in [-0.15, -0.1) is 0 Å². The molecule has 2 heteroatoms. The molecule has 3 aromatic carbocycles. The molecule has 134 valence electrons. The van der Waals surface area contributed by atoms with Crippen LogP contribution in [-0.4, -0.2) is 6.04 Å². The Morgan fingerprint density at radius 2 is 1.30 bits per heavy atom. The van der Waals surface area contributed by atoms with Crippen LogP contribution >= 0.6 is 0 Å². The van der Waals surface area contributed by atoms with E-state index >= 15 is 0 Å². The predicted molar refractivity (Wildman–Crippen MR) is 116 cm³/mol. The minimum atomic E-state index is 0.282. The van der Waals surface area contributed by atoms with E-state index in [1.165, 1.54) is 11.4 Å². The fourth-order valence-electron chi connectivity index (χ4n) is 3.53.